The van der Waals surface area contributed by atoms with Gasteiger partial charge in [0.25, 0.3) is 0 Å². The van der Waals surface area contributed by atoms with E-state index in [4.69, 9.17) is 19.2 Å². The molecule has 10 heteroatoms. The molecule has 4 saturated carbocycles. The molecule has 7 aliphatic rings. The summed E-state index contributed by atoms with van der Waals surface area (Å²) in [6, 6.07) is 0. The Labute approximate surface area is 273 Å². The summed E-state index contributed by atoms with van der Waals surface area (Å²) < 4.78 is 17.6. The Balaban J connectivity index is 1.14. The second-order valence-corrected chi connectivity index (χ2v) is 16.1. The zero-order chi connectivity index (χ0) is 32.3. The molecular formula is C36H56N2O8. The highest BCUT2D eigenvalue weighted by molar-refractivity contribution is 5.85. The number of carbonyl (C=O) groups excluding carboxylic acids is 1. The second-order valence-electron chi connectivity index (χ2n) is 16.1. The van der Waals surface area contributed by atoms with Crippen LogP contribution >= 0.6 is 0 Å². The number of fused-ring (bicyclic) bond motifs is 5. The predicted molar refractivity (Wildman–Crippen MR) is 171 cm³/mol. The van der Waals surface area contributed by atoms with E-state index in [2.05, 4.69) is 18.0 Å². The molecule has 6 fully saturated rings. The molecule has 3 aliphatic heterocycles. The average molecular weight is 645 g/mol. The molecule has 0 radical (unpaired) electrons. The Bertz CT molecular complexity index is 1190. The van der Waals surface area contributed by atoms with Crippen LogP contribution in [0.15, 0.2) is 16.6 Å². The van der Waals surface area contributed by atoms with Crippen molar-refractivity contribution >= 4 is 12.2 Å². The molecular weight excluding hydrogens is 588 g/mol. The molecule has 46 heavy (non-hydrogen) atoms. The van der Waals surface area contributed by atoms with Gasteiger partial charge in [0.15, 0.2) is 6.29 Å². The van der Waals surface area contributed by atoms with Gasteiger partial charge in [-0.1, -0.05) is 13.3 Å². The molecule has 0 aromatic heterocycles. The number of hydrogen-bond acceptors (Lipinski definition) is 10. The first kappa shape index (κ1) is 33.1. The van der Waals surface area contributed by atoms with Crippen LogP contribution in [0.2, 0.25) is 0 Å². The maximum atomic E-state index is 12.8. The molecule has 0 unspecified atom stereocenters. The fourth-order valence-electron chi connectivity index (χ4n) is 11.4. The maximum Gasteiger partial charge on any atom is 0.331 e. The number of piperidine rings is 1. The van der Waals surface area contributed by atoms with Crippen LogP contribution in [-0.2, 0) is 19.0 Å². The third-order valence-corrected chi connectivity index (χ3v) is 14.0. The first-order valence-corrected chi connectivity index (χ1v) is 18.2. The van der Waals surface area contributed by atoms with Gasteiger partial charge >= 0.3 is 5.97 Å². The van der Waals surface area contributed by atoms with Crippen LogP contribution in [0.5, 0.6) is 0 Å². The number of aliphatic imine (C=N–C) groups is 1. The second kappa shape index (κ2) is 12.5. The van der Waals surface area contributed by atoms with Crippen LogP contribution in [0.3, 0.4) is 0 Å². The van der Waals surface area contributed by atoms with Gasteiger partial charge in [-0.05, 0) is 108 Å². The summed E-state index contributed by atoms with van der Waals surface area (Å²) in [5.74, 6) is -0.0415. The fraction of sp³-hybridized carbons (Fsp3) is 0.889. The number of aliphatic hydroxyl groups excluding tert-OH is 2. The van der Waals surface area contributed by atoms with E-state index in [1.54, 1.807) is 13.0 Å². The minimum absolute atomic E-state index is 0.0281. The van der Waals surface area contributed by atoms with Crippen molar-refractivity contribution in [3.63, 3.8) is 0 Å². The minimum Gasteiger partial charge on any atom is -0.458 e. The number of esters is 1. The van der Waals surface area contributed by atoms with Crippen molar-refractivity contribution in [2.75, 3.05) is 32.8 Å². The largest absolute Gasteiger partial charge is 0.458 e. The highest BCUT2D eigenvalue weighted by Gasteiger charge is 2.71. The van der Waals surface area contributed by atoms with Gasteiger partial charge in [-0.2, -0.15) is 0 Å². The lowest BCUT2D eigenvalue weighted by molar-refractivity contribution is -0.282. The smallest absolute Gasteiger partial charge is 0.331 e. The van der Waals surface area contributed by atoms with Crippen LogP contribution < -0.4 is 0 Å². The summed E-state index contributed by atoms with van der Waals surface area (Å²) in [6.45, 7) is 8.19. The molecule has 258 valence electrons. The number of cyclic esters (lactones) is 1. The van der Waals surface area contributed by atoms with Crippen LogP contribution in [0, 0.1) is 28.6 Å². The Morgan fingerprint density at radius 1 is 1.04 bits per heavy atom. The lowest BCUT2D eigenvalue weighted by atomic mass is 9.41. The Morgan fingerprint density at radius 2 is 1.83 bits per heavy atom. The van der Waals surface area contributed by atoms with Gasteiger partial charge in [-0.3, -0.25) is 4.99 Å². The van der Waals surface area contributed by atoms with Crippen molar-refractivity contribution in [1.29, 1.82) is 0 Å². The van der Waals surface area contributed by atoms with Crippen LogP contribution in [0.1, 0.15) is 97.3 Å². The zero-order valence-corrected chi connectivity index (χ0v) is 27.8. The average Bonchev–Trinajstić information content (AvgIpc) is 3.58. The molecule has 0 aromatic rings. The zero-order valence-electron chi connectivity index (χ0n) is 27.8. The summed E-state index contributed by atoms with van der Waals surface area (Å²) >= 11 is 0. The van der Waals surface area contributed by atoms with Crippen molar-refractivity contribution in [1.82, 2.24) is 4.90 Å². The summed E-state index contributed by atoms with van der Waals surface area (Å²) in [7, 11) is 0. The number of hydrogen-bond donors (Lipinski definition) is 4. The van der Waals surface area contributed by atoms with Gasteiger partial charge in [-0.25, -0.2) is 4.79 Å². The van der Waals surface area contributed by atoms with Gasteiger partial charge in [0.1, 0.15) is 12.7 Å². The number of likely N-dealkylation sites (tertiary alicyclic amines) is 1. The van der Waals surface area contributed by atoms with E-state index in [-0.39, 0.29) is 41.7 Å². The van der Waals surface area contributed by atoms with E-state index in [0.717, 1.165) is 57.3 Å². The van der Waals surface area contributed by atoms with Gasteiger partial charge in [0.2, 0.25) is 0 Å². The van der Waals surface area contributed by atoms with Crippen molar-refractivity contribution in [3.8, 4) is 0 Å². The van der Waals surface area contributed by atoms with E-state index in [9.17, 15) is 25.2 Å². The van der Waals surface area contributed by atoms with Crippen LogP contribution in [0.25, 0.3) is 0 Å². The molecule has 4 aliphatic carbocycles. The first-order valence-electron chi connectivity index (χ1n) is 18.2. The van der Waals surface area contributed by atoms with E-state index < -0.39 is 41.2 Å². The highest BCUT2D eigenvalue weighted by Crippen LogP contribution is 2.70. The number of rotatable bonds is 7. The Hall–Kier alpha value is -1.40. The Morgan fingerprint density at radius 3 is 2.57 bits per heavy atom. The summed E-state index contributed by atoms with van der Waals surface area (Å²) in [4.78, 5) is 19.6. The van der Waals surface area contributed by atoms with Gasteiger partial charge in [-0.15, -0.1) is 0 Å². The van der Waals surface area contributed by atoms with Crippen molar-refractivity contribution < 1.29 is 39.4 Å². The monoisotopic (exact) mass is 644 g/mol. The molecule has 2 saturated heterocycles. The fourth-order valence-corrected chi connectivity index (χ4v) is 11.4. The van der Waals surface area contributed by atoms with Crippen LogP contribution in [0.4, 0.5) is 0 Å². The van der Waals surface area contributed by atoms with E-state index >= 15 is 0 Å². The van der Waals surface area contributed by atoms with Gasteiger partial charge in [0, 0.05) is 42.5 Å². The van der Waals surface area contributed by atoms with Crippen molar-refractivity contribution in [2.45, 2.75) is 139 Å². The first-order chi connectivity index (χ1) is 22.0. The van der Waals surface area contributed by atoms with Gasteiger partial charge < -0.3 is 39.5 Å². The lowest BCUT2D eigenvalue weighted by Crippen LogP contribution is -2.69. The predicted octanol–water partition coefficient (Wildman–Crippen LogP) is 3.14. The number of carbonyl (C=O) groups is 1. The topological polar surface area (TPSA) is 141 Å². The molecule has 10 nitrogen and oxygen atoms in total. The molecule has 4 N–H and O–H groups in total. The molecule has 0 bridgehead atoms. The third-order valence-electron chi connectivity index (χ3n) is 14.0. The van der Waals surface area contributed by atoms with E-state index in [1.807, 2.05) is 0 Å². The lowest BCUT2D eigenvalue weighted by Gasteiger charge is -2.66. The molecule has 0 aromatic carbocycles. The SMILES string of the molecule is C[C@H]1O[C@@H](O[C@H]2CC[C@]3(C=NCCN4CCCCC4)[C@H]4CC[C@]5(C)[C@@H](C6=CC(=O)OC6)CC[C@]5(O)[C@@H]4CC[C@]3(O)C2)C[C@@H](O)[C@@H]1O. The highest BCUT2D eigenvalue weighted by atomic mass is 16.7. The quantitative estimate of drug-likeness (QED) is 0.187. The molecule has 12 atom stereocenters. The molecule has 7 rings (SSSR count). The van der Waals surface area contributed by atoms with Gasteiger partial charge in [0.05, 0.1) is 36.1 Å². The van der Waals surface area contributed by atoms with E-state index in [1.165, 1.54) is 19.3 Å². The maximum absolute atomic E-state index is 12.8. The van der Waals surface area contributed by atoms with E-state index in [0.29, 0.717) is 38.8 Å². The molecule has 3 heterocycles. The number of nitrogens with zero attached hydrogens (tertiary/aromatic N) is 2. The normalized spacial score (nSPS) is 49.7. The van der Waals surface area contributed by atoms with Crippen molar-refractivity contribution in [3.05, 3.63) is 11.6 Å². The minimum atomic E-state index is -1.04. The summed E-state index contributed by atoms with van der Waals surface area (Å²) in [6.07, 6.45) is 11.0. The Kier molecular flexibility index (Phi) is 8.99. The van der Waals surface area contributed by atoms with Crippen LogP contribution in [-0.4, -0.2) is 112 Å². The number of aliphatic hydroxyl groups is 4. The summed E-state index contributed by atoms with van der Waals surface area (Å²) in [5.41, 5.74) is -1.83. The molecule has 0 amide bonds. The van der Waals surface area contributed by atoms with Crippen molar-refractivity contribution in [2.24, 2.45) is 33.6 Å². The standard InChI is InChI=1S/C36H56N2O8/c1-23-32(41)29(39)19-31(45-23)46-25-6-11-34(22-37-14-17-38-15-4-3-5-16-38)27-7-10-33(2)26(24-18-30(40)44-21-24)9-13-36(33,43)28(27)8-12-35(34,42)20-25/h18,22-23,25-29,31-32,39,41-43H,3-17,19-21H2,1-2H3/t23-,25+,26-,27+,28-,29-,31+,32-,33-,34+,35+,36+/m1/s1. The third kappa shape index (κ3) is 5.42. The molecule has 0 spiro atoms. The summed E-state index contributed by atoms with van der Waals surface area (Å²) in [5, 5.41) is 46.0. The number of ether oxygens (including phenoxy) is 3.